The Morgan fingerprint density at radius 1 is 1.44 bits per heavy atom. The molecule has 0 aliphatic heterocycles. The Hall–Kier alpha value is -1.32. The van der Waals surface area contributed by atoms with E-state index in [0.717, 1.165) is 0 Å². The van der Waals surface area contributed by atoms with E-state index in [1.54, 1.807) is 6.92 Å². The average Bonchev–Trinajstić information content (AvgIpc) is 1.80. The highest BCUT2D eigenvalue weighted by Gasteiger charge is 1.88. The molecule has 0 amide bonds. The Labute approximate surface area is 50.6 Å². The first-order valence-electron chi connectivity index (χ1n) is 2.49. The number of aromatic amines is 2. The van der Waals surface area contributed by atoms with Crippen molar-refractivity contribution in [3.8, 4) is 0 Å². The van der Waals surface area contributed by atoms with E-state index in [2.05, 4.69) is 9.97 Å². The summed E-state index contributed by atoms with van der Waals surface area (Å²) < 4.78 is 0. The van der Waals surface area contributed by atoms with E-state index in [9.17, 15) is 9.59 Å². The van der Waals surface area contributed by atoms with Gasteiger partial charge in [0.1, 0.15) is 0 Å². The zero-order valence-electron chi connectivity index (χ0n) is 4.89. The number of rotatable bonds is 0. The second-order valence-electron chi connectivity index (χ2n) is 1.75. The van der Waals surface area contributed by atoms with Gasteiger partial charge in [-0.25, -0.2) is 4.79 Å². The predicted octanol–water partition coefficient (Wildman–Crippen LogP) is -0.628. The number of aromatic nitrogens is 2. The summed E-state index contributed by atoms with van der Waals surface area (Å²) >= 11 is 0. The van der Waals surface area contributed by atoms with Crippen molar-refractivity contribution in [3.63, 3.8) is 0 Å². The van der Waals surface area contributed by atoms with E-state index >= 15 is 0 Å². The van der Waals surface area contributed by atoms with Gasteiger partial charge in [0, 0.05) is 11.8 Å². The SMILES string of the molecule is [13CH3][13c]1[13cH][15nH][13c](=O)[15nH][13c]1=O. The summed E-state index contributed by atoms with van der Waals surface area (Å²) in [6, 6.07) is 0. The molecule has 1 rings (SSSR count). The molecule has 0 atom stereocenters. The maximum Gasteiger partial charge on any atom is 0.325 e. The van der Waals surface area contributed by atoms with Gasteiger partial charge in [-0.1, -0.05) is 0 Å². The van der Waals surface area contributed by atoms with Crippen molar-refractivity contribution in [2.24, 2.45) is 0 Å². The quantitative estimate of drug-likeness (QED) is 0.463. The Kier molecular flexibility index (Phi) is 1.22. The lowest BCUT2D eigenvalue weighted by molar-refractivity contribution is 1.01. The molecule has 0 aliphatic rings. The predicted molar refractivity (Wildman–Crippen MR) is 32.4 cm³/mol. The highest BCUT2D eigenvalue weighted by molar-refractivity contribution is 4.98. The van der Waals surface area contributed by atoms with Crippen LogP contribution in [0, 0.1) is 6.92 Å². The molecule has 1 aromatic heterocycles. The molecule has 48 valence electrons. The second-order valence-corrected chi connectivity index (χ2v) is 1.75. The van der Waals surface area contributed by atoms with Crippen LogP contribution in [0.2, 0.25) is 0 Å². The Morgan fingerprint density at radius 2 is 2.11 bits per heavy atom. The fourth-order valence-corrected chi connectivity index (χ4v) is 0.477. The van der Waals surface area contributed by atoms with Crippen molar-refractivity contribution in [2.75, 3.05) is 0 Å². The highest BCUT2D eigenvalue weighted by atomic mass is 16.3. The molecule has 0 aromatic carbocycles. The summed E-state index contributed by atoms with van der Waals surface area (Å²) in [5, 5.41) is 0. The molecule has 4 heteroatoms. The van der Waals surface area contributed by atoms with Crippen LogP contribution in [-0.2, 0) is 0 Å². The van der Waals surface area contributed by atoms with Crippen LogP contribution in [0.25, 0.3) is 0 Å². The fraction of sp³-hybridized carbons (Fsp3) is 0.200. The van der Waals surface area contributed by atoms with Gasteiger partial charge in [-0.15, -0.1) is 0 Å². The molecule has 0 saturated carbocycles. The van der Waals surface area contributed by atoms with Crippen molar-refractivity contribution < 1.29 is 0 Å². The van der Waals surface area contributed by atoms with Crippen LogP contribution in [0.4, 0.5) is 0 Å². The van der Waals surface area contributed by atoms with E-state index in [4.69, 9.17) is 0 Å². The second kappa shape index (κ2) is 1.89. The van der Waals surface area contributed by atoms with Crippen LogP contribution < -0.4 is 11.2 Å². The summed E-state index contributed by atoms with van der Waals surface area (Å²) in [6.45, 7) is 1.62. The largest absolute Gasteiger partial charge is 0.325 e. The minimum Gasteiger partial charge on any atom is -0.314 e. The Bertz CT molecular complexity index is 309. The van der Waals surface area contributed by atoms with Gasteiger partial charge in [-0.2, -0.15) is 0 Å². The number of H-pyrrole nitrogens is 2. The lowest BCUT2D eigenvalue weighted by Gasteiger charge is -1.84. The Morgan fingerprint density at radius 3 is 2.56 bits per heavy atom. The third-order valence-electron chi connectivity index (χ3n) is 1.00. The summed E-state index contributed by atoms with van der Waals surface area (Å²) in [7, 11) is 0. The lowest BCUT2D eigenvalue weighted by Crippen LogP contribution is -2.22. The van der Waals surface area contributed by atoms with Crippen molar-refractivity contribution in [3.05, 3.63) is 32.6 Å². The van der Waals surface area contributed by atoms with Gasteiger partial charge in [-0.05, 0) is 6.92 Å². The summed E-state index contributed by atoms with van der Waals surface area (Å²) in [4.78, 5) is 25.3. The van der Waals surface area contributed by atoms with Gasteiger partial charge in [0.2, 0.25) is 0 Å². The molecule has 2 N–H and O–H groups in total. The molecule has 0 aliphatic carbocycles. The van der Waals surface area contributed by atoms with E-state index in [1.165, 1.54) is 6.20 Å². The first-order chi connectivity index (χ1) is 4.20. The monoisotopic (exact) mass is 133 g/mol. The number of aryl methyl sites for hydroxylation is 1. The summed E-state index contributed by atoms with van der Waals surface area (Å²) in [6.07, 6.45) is 1.38. The number of hydrogen-bond acceptors (Lipinski definition) is 2. The summed E-state index contributed by atoms with van der Waals surface area (Å²) in [5.41, 5.74) is -0.293. The minimum atomic E-state index is -0.467. The van der Waals surface area contributed by atoms with Gasteiger partial charge in [0.15, 0.2) is 0 Å². The average molecular weight is 133 g/mol. The normalized spacial score (nSPS) is 9.44. The fourth-order valence-electron chi connectivity index (χ4n) is 0.477. The maximum atomic E-state index is 10.6. The van der Waals surface area contributed by atoms with Crippen LogP contribution >= 0.6 is 0 Å². The molecule has 0 saturated heterocycles. The zero-order valence-corrected chi connectivity index (χ0v) is 4.89. The van der Waals surface area contributed by atoms with E-state index in [0.29, 0.717) is 5.56 Å². The van der Waals surface area contributed by atoms with E-state index in [-0.39, 0.29) is 5.56 Å². The van der Waals surface area contributed by atoms with Crippen LogP contribution in [0.5, 0.6) is 0 Å². The molecule has 9 heavy (non-hydrogen) atoms. The van der Waals surface area contributed by atoms with Crippen molar-refractivity contribution >= 4 is 0 Å². The van der Waals surface area contributed by atoms with Gasteiger partial charge in [-0.3, -0.25) is 9.78 Å². The first kappa shape index (κ1) is 5.81. The van der Waals surface area contributed by atoms with E-state index < -0.39 is 5.69 Å². The van der Waals surface area contributed by atoms with Crippen molar-refractivity contribution in [1.82, 2.24) is 9.97 Å². The first-order valence-corrected chi connectivity index (χ1v) is 2.49. The molecule has 0 bridgehead atoms. The third-order valence-corrected chi connectivity index (χ3v) is 1.00. The zero-order chi connectivity index (χ0) is 6.85. The molecule has 0 unspecified atom stereocenters. The van der Waals surface area contributed by atoms with Crippen LogP contribution in [-0.4, -0.2) is 9.97 Å². The molecule has 4 nitrogen and oxygen atoms in total. The van der Waals surface area contributed by atoms with Crippen molar-refractivity contribution in [1.29, 1.82) is 0 Å². The molecule has 0 fully saturated rings. The lowest BCUT2D eigenvalue weighted by atomic mass is 11.4. The molecular formula is C5H6N2O2. The molecule has 0 spiro atoms. The third kappa shape index (κ3) is 1.07. The standard InChI is InChI=1S/C5H6N2O2/c1-3-2-6-5(9)7-4(3)8/h2H,1H3,(H2,6,7,8,9)/i1+1,2+1,3+1,4+1,5+1,6+1,7+1. The Balaban J connectivity index is 3.52. The summed E-state index contributed by atoms with van der Waals surface area (Å²) in [5.74, 6) is 0. The minimum absolute atomic E-state index is 0.334. The molecule has 1 heterocycles. The van der Waals surface area contributed by atoms with Gasteiger partial charge in [0.25, 0.3) is 5.56 Å². The van der Waals surface area contributed by atoms with E-state index in [1.807, 2.05) is 0 Å². The van der Waals surface area contributed by atoms with Gasteiger partial charge in [0.05, 0.1) is 0 Å². The molecule has 1 aromatic rings. The van der Waals surface area contributed by atoms with Crippen molar-refractivity contribution in [2.45, 2.75) is 6.92 Å². The van der Waals surface area contributed by atoms with Crippen LogP contribution in [0.1, 0.15) is 5.56 Å². The topological polar surface area (TPSA) is 65.7 Å². The van der Waals surface area contributed by atoms with Crippen LogP contribution in [0.3, 0.4) is 0 Å². The molecular weight excluding hydrogens is 127 g/mol. The van der Waals surface area contributed by atoms with Gasteiger partial charge >= 0.3 is 5.69 Å². The number of hydrogen-bond donors (Lipinski definition) is 2. The van der Waals surface area contributed by atoms with Crippen LogP contribution in [0.15, 0.2) is 15.8 Å². The highest BCUT2D eigenvalue weighted by Crippen LogP contribution is 1.73. The molecule has 0 radical (unpaired) electrons. The number of nitrogens with one attached hydrogen (secondary N) is 2. The van der Waals surface area contributed by atoms with Gasteiger partial charge < -0.3 is 4.98 Å². The maximum absolute atomic E-state index is 10.6. The smallest absolute Gasteiger partial charge is 0.314 e.